The van der Waals surface area contributed by atoms with Crippen LogP contribution in [0.2, 0.25) is 5.02 Å². The number of halogens is 2. The van der Waals surface area contributed by atoms with Crippen LogP contribution in [-0.2, 0) is 11.3 Å². The lowest BCUT2D eigenvalue weighted by molar-refractivity contribution is -0.113. The van der Waals surface area contributed by atoms with Gasteiger partial charge in [-0.15, -0.1) is 0 Å². The van der Waals surface area contributed by atoms with Crippen LogP contribution in [0.15, 0.2) is 135 Å². The average molecular weight is 694 g/mol. The molecule has 0 radical (unpaired) electrons. The molecule has 3 heterocycles. The number of allylic oxidation sites excluding steroid dienone is 1. The largest absolute Gasteiger partial charge is 0.342 e. The molecule has 1 amide bonds. The van der Waals surface area contributed by atoms with E-state index >= 15 is 0 Å². The van der Waals surface area contributed by atoms with Gasteiger partial charge in [0.1, 0.15) is 0 Å². The number of anilines is 1. The predicted molar refractivity (Wildman–Crippen MR) is 185 cm³/mol. The molecule has 1 N–H and O–H groups in total. The number of aromatic nitrogens is 2. The van der Waals surface area contributed by atoms with Gasteiger partial charge in [-0.05, 0) is 66.6 Å². The minimum absolute atomic E-state index is 0.207. The summed E-state index contributed by atoms with van der Waals surface area (Å²) in [4.78, 5) is 33.4. The summed E-state index contributed by atoms with van der Waals surface area (Å²) >= 11 is 11.1. The van der Waals surface area contributed by atoms with Crippen LogP contribution in [0, 0.1) is 0 Å². The van der Waals surface area contributed by atoms with Gasteiger partial charge in [0.15, 0.2) is 4.80 Å². The molecule has 0 saturated carbocycles. The summed E-state index contributed by atoms with van der Waals surface area (Å²) in [5, 5.41) is 4.61. The van der Waals surface area contributed by atoms with Crippen molar-refractivity contribution in [2.45, 2.75) is 19.5 Å². The Balaban J connectivity index is 1.35. The summed E-state index contributed by atoms with van der Waals surface area (Å²) < 4.78 is 5.41. The minimum atomic E-state index is -0.678. The molecule has 9 heteroatoms. The molecular formula is C36H26BrClN4O2S. The second kappa shape index (κ2) is 12.1. The van der Waals surface area contributed by atoms with Crippen molar-refractivity contribution in [3.8, 4) is 0 Å². The summed E-state index contributed by atoms with van der Waals surface area (Å²) in [7, 11) is 0. The number of nitrogens with zero attached hydrogens (tertiary/aromatic N) is 3. The van der Waals surface area contributed by atoms with E-state index in [-0.39, 0.29) is 11.5 Å². The van der Waals surface area contributed by atoms with E-state index in [0.29, 0.717) is 37.9 Å². The third kappa shape index (κ3) is 5.73. The Morgan fingerprint density at radius 1 is 0.978 bits per heavy atom. The van der Waals surface area contributed by atoms with Crippen LogP contribution >= 0.6 is 38.9 Å². The number of carbonyl (C=O) groups is 1. The summed E-state index contributed by atoms with van der Waals surface area (Å²) in [6, 6.07) is 32.3. The number of fused-ring (bicyclic) bond motifs is 2. The van der Waals surface area contributed by atoms with Gasteiger partial charge in [0.2, 0.25) is 0 Å². The van der Waals surface area contributed by atoms with E-state index in [0.717, 1.165) is 26.5 Å². The van der Waals surface area contributed by atoms with Gasteiger partial charge in [0.05, 0.1) is 21.8 Å². The third-order valence-electron chi connectivity index (χ3n) is 7.86. The van der Waals surface area contributed by atoms with Crippen molar-refractivity contribution >= 4 is 67.4 Å². The summed E-state index contributed by atoms with van der Waals surface area (Å²) in [6.07, 6.45) is 4.03. The monoisotopic (exact) mass is 692 g/mol. The maximum Gasteiger partial charge on any atom is 0.271 e. The van der Waals surface area contributed by atoms with Crippen LogP contribution in [-0.4, -0.2) is 15.0 Å². The quantitative estimate of drug-likeness (QED) is 0.199. The molecule has 6 aromatic rings. The van der Waals surface area contributed by atoms with E-state index in [1.165, 1.54) is 16.9 Å². The van der Waals surface area contributed by atoms with Crippen LogP contribution in [0.1, 0.15) is 29.7 Å². The molecule has 0 unspecified atom stereocenters. The second-order valence-electron chi connectivity index (χ2n) is 10.8. The van der Waals surface area contributed by atoms with Gasteiger partial charge in [-0.25, -0.2) is 4.99 Å². The Hall–Kier alpha value is -4.50. The van der Waals surface area contributed by atoms with Crippen LogP contribution in [0.5, 0.6) is 0 Å². The molecule has 0 saturated heterocycles. The minimum Gasteiger partial charge on any atom is -0.342 e. The topological polar surface area (TPSA) is 68.4 Å². The van der Waals surface area contributed by atoms with E-state index in [1.807, 2.05) is 79.7 Å². The highest BCUT2D eigenvalue weighted by atomic mass is 79.9. The molecule has 2 aromatic heterocycles. The first-order valence-corrected chi connectivity index (χ1v) is 16.3. The number of para-hydroxylation sites is 2. The van der Waals surface area contributed by atoms with Gasteiger partial charge in [-0.2, -0.15) is 0 Å². The van der Waals surface area contributed by atoms with Crippen LogP contribution in [0.4, 0.5) is 5.69 Å². The molecule has 1 aliphatic heterocycles. The maximum absolute atomic E-state index is 14.3. The molecule has 1 aliphatic rings. The molecule has 4 aromatic carbocycles. The van der Waals surface area contributed by atoms with Gasteiger partial charge in [0.25, 0.3) is 11.5 Å². The van der Waals surface area contributed by atoms with E-state index < -0.39 is 6.04 Å². The number of hydrogen-bond acceptors (Lipinski definition) is 4. The van der Waals surface area contributed by atoms with Gasteiger partial charge >= 0.3 is 0 Å². The second-order valence-corrected chi connectivity index (χ2v) is 13.2. The summed E-state index contributed by atoms with van der Waals surface area (Å²) in [6.45, 7) is 2.51. The van der Waals surface area contributed by atoms with E-state index in [9.17, 15) is 9.59 Å². The van der Waals surface area contributed by atoms with E-state index in [2.05, 4.69) is 56.3 Å². The lowest BCUT2D eigenvalue weighted by Gasteiger charge is -2.25. The van der Waals surface area contributed by atoms with Crippen molar-refractivity contribution in [2.24, 2.45) is 4.99 Å². The number of hydrogen-bond donors (Lipinski definition) is 1. The Bertz CT molecular complexity index is 2290. The number of nitrogens with one attached hydrogen (secondary N) is 1. The van der Waals surface area contributed by atoms with Crippen molar-refractivity contribution < 1.29 is 4.79 Å². The van der Waals surface area contributed by atoms with E-state index in [4.69, 9.17) is 16.6 Å². The zero-order valence-electron chi connectivity index (χ0n) is 24.1. The third-order valence-corrected chi connectivity index (χ3v) is 9.62. The van der Waals surface area contributed by atoms with Crippen molar-refractivity contribution in [1.82, 2.24) is 9.13 Å². The van der Waals surface area contributed by atoms with Crippen molar-refractivity contribution in [2.75, 3.05) is 5.32 Å². The fraction of sp³-hybridized carbons (Fsp3) is 0.0833. The summed E-state index contributed by atoms with van der Waals surface area (Å²) in [5.41, 5.74) is 5.38. The Morgan fingerprint density at radius 2 is 1.69 bits per heavy atom. The molecule has 7 rings (SSSR count). The maximum atomic E-state index is 14.3. The van der Waals surface area contributed by atoms with Crippen LogP contribution in [0.3, 0.4) is 0 Å². The molecule has 222 valence electrons. The van der Waals surface area contributed by atoms with Crippen molar-refractivity contribution in [3.63, 3.8) is 0 Å². The normalized spacial score (nSPS) is 14.8. The Kier molecular flexibility index (Phi) is 7.87. The standard InChI is InChI=1S/C36H26BrClN4O2S/c1-22-32(34(43)40-28-7-3-2-4-8-28)33(24-13-17-27(38)18-14-24)42-35(44)31(45-36(42)39-22)19-25-21-41(30-10-6-5-9-29(25)30)20-23-11-15-26(37)16-12-23/h2-19,21,33H,20H2,1H3,(H,40,43)/b31-19+/t33-/m1/s1. The highest BCUT2D eigenvalue weighted by Gasteiger charge is 2.32. The molecule has 6 nitrogen and oxygen atoms in total. The highest BCUT2D eigenvalue weighted by Crippen LogP contribution is 2.31. The molecule has 0 aliphatic carbocycles. The van der Waals surface area contributed by atoms with Crippen LogP contribution in [0.25, 0.3) is 17.0 Å². The Morgan fingerprint density at radius 3 is 2.44 bits per heavy atom. The van der Waals surface area contributed by atoms with Gasteiger partial charge in [0, 0.05) is 44.4 Å². The smallest absolute Gasteiger partial charge is 0.271 e. The predicted octanol–water partition coefficient (Wildman–Crippen LogP) is 7.29. The number of rotatable bonds is 6. The lowest BCUT2D eigenvalue weighted by atomic mass is 9.95. The van der Waals surface area contributed by atoms with Gasteiger partial charge < -0.3 is 9.88 Å². The lowest BCUT2D eigenvalue weighted by Crippen LogP contribution is -2.40. The number of amides is 1. The first-order chi connectivity index (χ1) is 21.9. The fourth-order valence-corrected chi connectivity index (χ4v) is 7.17. The number of thiazole rings is 1. The molecule has 1 atom stereocenters. The summed E-state index contributed by atoms with van der Waals surface area (Å²) in [5.74, 6) is -0.312. The average Bonchev–Trinajstić information content (AvgIpc) is 3.54. The van der Waals surface area contributed by atoms with Crippen molar-refractivity contribution in [3.05, 3.63) is 166 Å². The van der Waals surface area contributed by atoms with Crippen LogP contribution < -0.4 is 20.2 Å². The molecule has 45 heavy (non-hydrogen) atoms. The highest BCUT2D eigenvalue weighted by molar-refractivity contribution is 9.10. The molecule has 0 fully saturated rings. The van der Waals surface area contributed by atoms with Gasteiger partial charge in [-0.3, -0.25) is 14.2 Å². The first-order valence-electron chi connectivity index (χ1n) is 14.3. The molecule has 0 bridgehead atoms. The molecule has 0 spiro atoms. The van der Waals surface area contributed by atoms with E-state index in [1.54, 1.807) is 16.7 Å². The Labute approximate surface area is 276 Å². The van der Waals surface area contributed by atoms with Gasteiger partial charge in [-0.1, -0.05) is 99.5 Å². The zero-order valence-corrected chi connectivity index (χ0v) is 27.2. The number of benzene rings is 4. The number of carbonyl (C=O) groups excluding carboxylic acids is 1. The molecular weight excluding hydrogens is 668 g/mol. The SMILES string of the molecule is CC1=C(C(=O)Nc2ccccc2)[C@@H](c2ccc(Cl)cc2)n2c(s/c(=C/c3cn(Cc4ccc(Br)cc4)c4ccccc34)c2=O)=N1. The first kappa shape index (κ1) is 29.2. The fourth-order valence-electron chi connectivity index (χ4n) is 5.74. The zero-order chi connectivity index (χ0) is 31.1. The van der Waals surface area contributed by atoms with Crippen molar-refractivity contribution in [1.29, 1.82) is 0 Å².